The van der Waals surface area contributed by atoms with Crippen molar-refractivity contribution in [2.24, 2.45) is 0 Å². The van der Waals surface area contributed by atoms with Crippen LogP contribution < -0.4 is 5.43 Å². The van der Waals surface area contributed by atoms with Crippen LogP contribution in [0.1, 0.15) is 16.1 Å². The maximum Gasteiger partial charge on any atom is 0.309 e. The van der Waals surface area contributed by atoms with Crippen molar-refractivity contribution in [1.29, 1.82) is 0 Å². The van der Waals surface area contributed by atoms with Crippen LogP contribution in [0.25, 0.3) is 11.3 Å². The maximum atomic E-state index is 13.2. The van der Waals surface area contributed by atoms with Crippen LogP contribution >= 0.6 is 15.9 Å². The second kappa shape index (κ2) is 7.53. The van der Waals surface area contributed by atoms with Crippen LogP contribution in [-0.4, -0.2) is 21.7 Å². The van der Waals surface area contributed by atoms with E-state index in [9.17, 15) is 14.0 Å². The van der Waals surface area contributed by atoms with Gasteiger partial charge < -0.3 is 5.11 Å². The number of nitrogens with one attached hydrogen (secondary N) is 1. The molecule has 0 fully saturated rings. The fourth-order valence-corrected chi connectivity index (χ4v) is 3.02. The van der Waals surface area contributed by atoms with Crippen molar-refractivity contribution in [3.8, 4) is 11.3 Å². The van der Waals surface area contributed by atoms with Gasteiger partial charge in [-0.05, 0) is 64.5 Å². The van der Waals surface area contributed by atoms with Gasteiger partial charge in [0.25, 0.3) is 5.91 Å². The van der Waals surface area contributed by atoms with E-state index >= 15 is 0 Å². The first-order valence-corrected chi connectivity index (χ1v) is 8.49. The minimum Gasteiger partial charge on any atom is -0.481 e. The minimum absolute atomic E-state index is 0.266. The summed E-state index contributed by atoms with van der Waals surface area (Å²) in [4.78, 5) is 23.8. The lowest BCUT2D eigenvalue weighted by atomic mass is 10.1. The molecule has 0 aliphatic heterocycles. The Bertz CT molecular complexity index is 967. The Balaban J connectivity index is 2.01. The average molecular weight is 417 g/mol. The SMILES string of the molecule is O=C(O)Cc1ccc(-c2ccc(F)cc2)n1NC(=O)c1ccccc1Br. The topological polar surface area (TPSA) is 71.3 Å². The normalized spacial score (nSPS) is 10.5. The molecule has 2 N–H and O–H groups in total. The Hall–Kier alpha value is -2.93. The number of rotatable bonds is 5. The maximum absolute atomic E-state index is 13.2. The zero-order valence-electron chi connectivity index (χ0n) is 13.4. The number of carboxylic acid groups (broad SMARTS) is 1. The Labute approximate surface area is 157 Å². The quantitative estimate of drug-likeness (QED) is 0.658. The van der Waals surface area contributed by atoms with Crippen molar-refractivity contribution in [2.45, 2.75) is 6.42 Å². The number of amides is 1. The van der Waals surface area contributed by atoms with Gasteiger partial charge in [-0.15, -0.1) is 0 Å². The molecule has 0 atom stereocenters. The molecule has 3 rings (SSSR count). The van der Waals surface area contributed by atoms with E-state index in [-0.39, 0.29) is 12.2 Å². The summed E-state index contributed by atoms with van der Waals surface area (Å²) < 4.78 is 15.2. The molecule has 5 nitrogen and oxygen atoms in total. The van der Waals surface area contributed by atoms with Crippen molar-refractivity contribution in [1.82, 2.24) is 4.68 Å². The summed E-state index contributed by atoms with van der Waals surface area (Å²) in [7, 11) is 0. The number of hydrogen-bond donors (Lipinski definition) is 2. The van der Waals surface area contributed by atoms with Crippen LogP contribution in [0.15, 0.2) is 65.1 Å². The molecule has 1 heterocycles. The molecular weight excluding hydrogens is 403 g/mol. The number of halogens is 2. The van der Waals surface area contributed by atoms with E-state index in [1.807, 2.05) is 0 Å². The number of nitrogens with zero attached hydrogens (tertiary/aromatic N) is 1. The number of carbonyl (C=O) groups is 2. The molecule has 0 aliphatic carbocycles. The zero-order chi connectivity index (χ0) is 18.7. The zero-order valence-corrected chi connectivity index (χ0v) is 15.0. The molecule has 0 radical (unpaired) electrons. The first-order valence-electron chi connectivity index (χ1n) is 7.70. The third-order valence-corrected chi connectivity index (χ3v) is 4.46. The number of benzene rings is 2. The highest BCUT2D eigenvalue weighted by Crippen LogP contribution is 2.23. The molecule has 0 saturated carbocycles. The van der Waals surface area contributed by atoms with Crippen LogP contribution in [0.5, 0.6) is 0 Å². The molecule has 0 aliphatic rings. The Kier molecular flexibility index (Phi) is 5.18. The Morgan fingerprint density at radius 3 is 2.38 bits per heavy atom. The fraction of sp³-hybridized carbons (Fsp3) is 0.0526. The third kappa shape index (κ3) is 3.83. The van der Waals surface area contributed by atoms with Crippen LogP contribution in [0.2, 0.25) is 0 Å². The van der Waals surface area contributed by atoms with Gasteiger partial charge in [0, 0.05) is 10.0 Å². The smallest absolute Gasteiger partial charge is 0.309 e. The van der Waals surface area contributed by atoms with Gasteiger partial charge >= 0.3 is 5.97 Å². The van der Waals surface area contributed by atoms with Crippen LogP contribution in [0.4, 0.5) is 4.39 Å². The molecule has 0 saturated heterocycles. The molecule has 1 aromatic heterocycles. The second-order valence-electron chi connectivity index (χ2n) is 5.54. The molecule has 2 aromatic carbocycles. The second-order valence-corrected chi connectivity index (χ2v) is 6.40. The van der Waals surface area contributed by atoms with E-state index in [0.717, 1.165) is 0 Å². The largest absolute Gasteiger partial charge is 0.481 e. The molecule has 7 heteroatoms. The lowest BCUT2D eigenvalue weighted by Crippen LogP contribution is -2.26. The van der Waals surface area contributed by atoms with E-state index in [0.29, 0.717) is 27.0 Å². The summed E-state index contributed by atoms with van der Waals surface area (Å²) in [6.45, 7) is 0. The molecule has 26 heavy (non-hydrogen) atoms. The predicted molar refractivity (Wildman–Crippen MR) is 99.0 cm³/mol. The van der Waals surface area contributed by atoms with Gasteiger partial charge in [-0.2, -0.15) is 0 Å². The lowest BCUT2D eigenvalue weighted by Gasteiger charge is -2.15. The van der Waals surface area contributed by atoms with Gasteiger partial charge in [-0.25, -0.2) is 4.39 Å². The number of aliphatic carboxylic acids is 1. The molecule has 3 aromatic rings. The molecule has 132 valence electrons. The summed E-state index contributed by atoms with van der Waals surface area (Å²) in [6, 6.07) is 16.0. The standard InChI is InChI=1S/C19H14BrFN2O3/c20-16-4-2-1-3-15(16)19(26)22-23-14(11-18(24)25)9-10-17(23)12-5-7-13(21)8-6-12/h1-10H,11H2,(H,22,26)(H,24,25). The predicted octanol–water partition coefficient (Wildman–Crippen LogP) is 4.07. The van der Waals surface area contributed by atoms with Crippen molar-refractivity contribution in [2.75, 3.05) is 5.43 Å². The van der Waals surface area contributed by atoms with Crippen LogP contribution in [0, 0.1) is 5.82 Å². The van der Waals surface area contributed by atoms with E-state index in [2.05, 4.69) is 21.4 Å². The highest BCUT2D eigenvalue weighted by Gasteiger charge is 2.17. The summed E-state index contributed by atoms with van der Waals surface area (Å²) in [5.74, 6) is -1.80. The van der Waals surface area contributed by atoms with Gasteiger partial charge in [0.1, 0.15) is 5.82 Å². The van der Waals surface area contributed by atoms with Crippen molar-refractivity contribution < 1.29 is 19.1 Å². The lowest BCUT2D eigenvalue weighted by molar-refractivity contribution is -0.136. The fourth-order valence-electron chi connectivity index (χ4n) is 2.56. The first kappa shape index (κ1) is 17.9. The van der Waals surface area contributed by atoms with Gasteiger partial charge in [0.05, 0.1) is 23.4 Å². The Morgan fingerprint density at radius 2 is 1.73 bits per heavy atom. The summed E-state index contributed by atoms with van der Waals surface area (Å²) in [6.07, 6.45) is -0.266. The highest BCUT2D eigenvalue weighted by molar-refractivity contribution is 9.10. The minimum atomic E-state index is -1.02. The van der Waals surface area contributed by atoms with Gasteiger partial charge in [-0.3, -0.25) is 19.7 Å². The van der Waals surface area contributed by atoms with Crippen molar-refractivity contribution >= 4 is 27.8 Å². The van der Waals surface area contributed by atoms with Gasteiger partial charge in [-0.1, -0.05) is 12.1 Å². The van der Waals surface area contributed by atoms with Crippen LogP contribution in [0.3, 0.4) is 0 Å². The van der Waals surface area contributed by atoms with Gasteiger partial charge in [0.2, 0.25) is 0 Å². The molecule has 0 unspecified atom stereocenters. The van der Waals surface area contributed by atoms with E-state index < -0.39 is 11.9 Å². The van der Waals surface area contributed by atoms with E-state index in [1.54, 1.807) is 48.5 Å². The molecule has 1 amide bonds. The van der Waals surface area contributed by atoms with Crippen molar-refractivity contribution in [3.63, 3.8) is 0 Å². The van der Waals surface area contributed by atoms with Crippen LogP contribution in [-0.2, 0) is 11.2 Å². The van der Waals surface area contributed by atoms with E-state index in [4.69, 9.17) is 5.11 Å². The first-order chi connectivity index (χ1) is 12.5. The Morgan fingerprint density at radius 1 is 1.04 bits per heavy atom. The monoisotopic (exact) mass is 416 g/mol. The average Bonchev–Trinajstić information content (AvgIpc) is 2.97. The number of aromatic nitrogens is 1. The molecule has 0 bridgehead atoms. The summed E-state index contributed by atoms with van der Waals surface area (Å²) >= 11 is 3.33. The third-order valence-electron chi connectivity index (χ3n) is 3.77. The summed E-state index contributed by atoms with van der Waals surface area (Å²) in [5.41, 5.74) is 4.74. The highest BCUT2D eigenvalue weighted by atomic mass is 79.9. The molecular formula is C19H14BrFN2O3. The number of carbonyl (C=O) groups excluding carboxylic acids is 1. The molecule has 0 spiro atoms. The van der Waals surface area contributed by atoms with Crippen molar-refractivity contribution in [3.05, 3.63) is 82.2 Å². The van der Waals surface area contributed by atoms with E-state index in [1.165, 1.54) is 16.8 Å². The number of carboxylic acids is 1. The number of hydrogen-bond acceptors (Lipinski definition) is 2. The summed E-state index contributed by atoms with van der Waals surface area (Å²) in [5, 5.41) is 9.12. The van der Waals surface area contributed by atoms with Gasteiger partial charge in [0.15, 0.2) is 0 Å².